The Morgan fingerprint density at radius 1 is 1.29 bits per heavy atom. The Kier molecular flexibility index (Phi) is 5.87. The number of likely N-dealkylation sites (N-methyl/N-ethyl adjacent to an activating group) is 1. The smallest absolute Gasteiger partial charge is 0.236 e. The largest absolute Gasteiger partial charge is 0.486 e. The SMILES string of the molecule is CCN(CC)C(=O)CNCc1cc(Br)c2c(c1)OCCO2. The van der Waals surface area contributed by atoms with Crippen LogP contribution in [0.1, 0.15) is 19.4 Å². The van der Waals surface area contributed by atoms with E-state index in [-0.39, 0.29) is 5.91 Å². The average molecular weight is 357 g/mol. The molecule has 0 saturated carbocycles. The molecule has 0 unspecified atom stereocenters. The molecular weight excluding hydrogens is 336 g/mol. The number of halogens is 1. The van der Waals surface area contributed by atoms with Crippen molar-refractivity contribution in [3.63, 3.8) is 0 Å². The van der Waals surface area contributed by atoms with Crippen molar-refractivity contribution in [1.29, 1.82) is 0 Å². The number of fused-ring (bicyclic) bond motifs is 1. The lowest BCUT2D eigenvalue weighted by molar-refractivity contribution is -0.129. The molecule has 0 atom stereocenters. The number of amides is 1. The van der Waals surface area contributed by atoms with Crippen molar-refractivity contribution in [2.75, 3.05) is 32.8 Å². The highest BCUT2D eigenvalue weighted by Gasteiger charge is 2.16. The van der Waals surface area contributed by atoms with Crippen LogP contribution in [0.3, 0.4) is 0 Å². The van der Waals surface area contributed by atoms with Gasteiger partial charge in [-0.25, -0.2) is 0 Å². The van der Waals surface area contributed by atoms with Gasteiger partial charge < -0.3 is 19.7 Å². The van der Waals surface area contributed by atoms with Crippen molar-refractivity contribution in [2.45, 2.75) is 20.4 Å². The molecule has 0 radical (unpaired) electrons. The van der Waals surface area contributed by atoms with Crippen LogP contribution in [0.25, 0.3) is 0 Å². The number of hydrogen-bond acceptors (Lipinski definition) is 4. The highest BCUT2D eigenvalue weighted by molar-refractivity contribution is 9.10. The van der Waals surface area contributed by atoms with E-state index in [1.54, 1.807) is 0 Å². The number of nitrogens with zero attached hydrogens (tertiary/aromatic N) is 1. The highest BCUT2D eigenvalue weighted by atomic mass is 79.9. The molecule has 0 aliphatic carbocycles. The highest BCUT2D eigenvalue weighted by Crippen LogP contribution is 2.38. The van der Waals surface area contributed by atoms with Gasteiger partial charge in [0.25, 0.3) is 0 Å². The third kappa shape index (κ3) is 4.11. The molecule has 0 saturated heterocycles. The summed E-state index contributed by atoms with van der Waals surface area (Å²) in [4.78, 5) is 13.7. The van der Waals surface area contributed by atoms with Gasteiger partial charge in [-0.15, -0.1) is 0 Å². The summed E-state index contributed by atoms with van der Waals surface area (Å²) in [5.41, 5.74) is 1.05. The molecule has 0 aromatic heterocycles. The molecule has 2 rings (SSSR count). The van der Waals surface area contributed by atoms with Crippen LogP contribution in [0.5, 0.6) is 11.5 Å². The summed E-state index contributed by atoms with van der Waals surface area (Å²) in [5, 5.41) is 3.18. The fourth-order valence-corrected chi connectivity index (χ4v) is 2.87. The van der Waals surface area contributed by atoms with Gasteiger partial charge >= 0.3 is 0 Å². The van der Waals surface area contributed by atoms with E-state index >= 15 is 0 Å². The first-order valence-corrected chi connectivity index (χ1v) is 8.01. The maximum Gasteiger partial charge on any atom is 0.236 e. The minimum atomic E-state index is 0.122. The Hall–Kier alpha value is -1.27. The standard InChI is InChI=1S/C15H21BrN2O3/c1-3-18(4-2)14(19)10-17-9-11-7-12(16)15-13(8-11)20-5-6-21-15/h7-8,17H,3-6,9-10H2,1-2H3. The van der Waals surface area contributed by atoms with Gasteiger partial charge in [-0.05, 0) is 47.5 Å². The third-order valence-corrected chi connectivity index (χ3v) is 3.97. The summed E-state index contributed by atoms with van der Waals surface area (Å²) in [7, 11) is 0. The van der Waals surface area contributed by atoms with Gasteiger partial charge in [0, 0.05) is 19.6 Å². The lowest BCUT2D eigenvalue weighted by atomic mass is 10.2. The summed E-state index contributed by atoms with van der Waals surface area (Å²) >= 11 is 3.49. The van der Waals surface area contributed by atoms with Crippen LogP contribution in [-0.4, -0.2) is 43.7 Å². The van der Waals surface area contributed by atoms with Gasteiger partial charge in [0.1, 0.15) is 13.2 Å². The van der Waals surface area contributed by atoms with Gasteiger partial charge in [-0.3, -0.25) is 4.79 Å². The maximum atomic E-state index is 11.9. The second-order valence-corrected chi connectivity index (χ2v) is 5.63. The van der Waals surface area contributed by atoms with E-state index in [1.165, 1.54) is 0 Å². The zero-order valence-electron chi connectivity index (χ0n) is 12.4. The molecule has 1 aliphatic heterocycles. The van der Waals surface area contributed by atoms with Gasteiger partial charge in [0.05, 0.1) is 11.0 Å². The van der Waals surface area contributed by atoms with Crippen LogP contribution in [0, 0.1) is 0 Å². The molecule has 1 aromatic carbocycles. The first-order valence-electron chi connectivity index (χ1n) is 7.22. The zero-order chi connectivity index (χ0) is 15.2. The average Bonchev–Trinajstić information content (AvgIpc) is 2.48. The topological polar surface area (TPSA) is 50.8 Å². The summed E-state index contributed by atoms with van der Waals surface area (Å²) in [6, 6.07) is 3.94. The van der Waals surface area contributed by atoms with Crippen molar-refractivity contribution in [3.8, 4) is 11.5 Å². The van der Waals surface area contributed by atoms with Crippen LogP contribution >= 0.6 is 15.9 Å². The minimum absolute atomic E-state index is 0.122. The predicted molar refractivity (Wildman–Crippen MR) is 84.8 cm³/mol. The Balaban J connectivity index is 1.92. The van der Waals surface area contributed by atoms with Gasteiger partial charge in [0.2, 0.25) is 5.91 Å². The molecule has 1 aliphatic rings. The van der Waals surface area contributed by atoms with E-state index in [2.05, 4.69) is 21.2 Å². The molecule has 21 heavy (non-hydrogen) atoms. The molecule has 1 N–H and O–H groups in total. The number of nitrogens with one attached hydrogen (secondary N) is 1. The second-order valence-electron chi connectivity index (χ2n) is 4.77. The Bertz CT molecular complexity index is 504. The molecule has 5 nitrogen and oxygen atoms in total. The zero-order valence-corrected chi connectivity index (χ0v) is 14.0. The van der Waals surface area contributed by atoms with E-state index in [0.29, 0.717) is 26.3 Å². The molecule has 1 amide bonds. The predicted octanol–water partition coefficient (Wildman–Crippen LogP) is 2.18. The molecule has 1 heterocycles. The molecule has 0 spiro atoms. The van der Waals surface area contributed by atoms with Crippen LogP contribution < -0.4 is 14.8 Å². The van der Waals surface area contributed by atoms with Gasteiger partial charge in [0.15, 0.2) is 11.5 Å². The van der Waals surface area contributed by atoms with Crippen molar-refractivity contribution in [3.05, 3.63) is 22.2 Å². The van der Waals surface area contributed by atoms with Crippen molar-refractivity contribution < 1.29 is 14.3 Å². The second kappa shape index (κ2) is 7.66. The Morgan fingerprint density at radius 3 is 2.71 bits per heavy atom. The molecule has 1 aromatic rings. The van der Waals surface area contributed by atoms with Crippen LogP contribution in [0.15, 0.2) is 16.6 Å². The lowest BCUT2D eigenvalue weighted by Gasteiger charge is -2.21. The fraction of sp³-hybridized carbons (Fsp3) is 0.533. The fourth-order valence-electron chi connectivity index (χ4n) is 2.27. The molecule has 0 bridgehead atoms. The Labute approximate surface area is 133 Å². The first kappa shape index (κ1) is 16.1. The minimum Gasteiger partial charge on any atom is -0.486 e. The molecular formula is C15H21BrN2O3. The lowest BCUT2D eigenvalue weighted by Crippen LogP contribution is -2.37. The molecule has 6 heteroatoms. The van der Waals surface area contributed by atoms with E-state index in [1.807, 2.05) is 30.9 Å². The Morgan fingerprint density at radius 2 is 2.00 bits per heavy atom. The van der Waals surface area contributed by atoms with Gasteiger partial charge in [-0.1, -0.05) is 0 Å². The molecule has 116 valence electrons. The third-order valence-electron chi connectivity index (χ3n) is 3.38. The number of hydrogen-bond donors (Lipinski definition) is 1. The number of benzene rings is 1. The summed E-state index contributed by atoms with van der Waals surface area (Å²) < 4.78 is 12.0. The van der Waals surface area contributed by atoms with Crippen molar-refractivity contribution in [1.82, 2.24) is 10.2 Å². The number of rotatable bonds is 6. The van der Waals surface area contributed by atoms with Gasteiger partial charge in [-0.2, -0.15) is 0 Å². The van der Waals surface area contributed by atoms with E-state index in [0.717, 1.165) is 34.6 Å². The van der Waals surface area contributed by atoms with E-state index in [9.17, 15) is 4.79 Å². The van der Waals surface area contributed by atoms with E-state index in [4.69, 9.17) is 9.47 Å². The van der Waals surface area contributed by atoms with Crippen LogP contribution in [0.2, 0.25) is 0 Å². The normalized spacial score (nSPS) is 13.1. The summed E-state index contributed by atoms with van der Waals surface area (Å²) in [5.74, 6) is 1.63. The summed E-state index contributed by atoms with van der Waals surface area (Å²) in [6.07, 6.45) is 0. The molecule has 0 fully saturated rings. The number of carbonyl (C=O) groups is 1. The first-order chi connectivity index (χ1) is 10.2. The maximum absolute atomic E-state index is 11.9. The van der Waals surface area contributed by atoms with Crippen LogP contribution in [0.4, 0.5) is 0 Å². The van der Waals surface area contributed by atoms with E-state index < -0.39 is 0 Å². The monoisotopic (exact) mass is 356 g/mol. The van der Waals surface area contributed by atoms with Crippen molar-refractivity contribution >= 4 is 21.8 Å². The van der Waals surface area contributed by atoms with Crippen molar-refractivity contribution in [2.24, 2.45) is 0 Å². The summed E-state index contributed by atoms with van der Waals surface area (Å²) in [6.45, 7) is 7.55. The van der Waals surface area contributed by atoms with Crippen LogP contribution in [-0.2, 0) is 11.3 Å². The quantitative estimate of drug-likeness (QED) is 0.848. The number of ether oxygens (including phenoxy) is 2. The number of carbonyl (C=O) groups excluding carboxylic acids is 1.